The summed E-state index contributed by atoms with van der Waals surface area (Å²) in [4.78, 5) is 0. The summed E-state index contributed by atoms with van der Waals surface area (Å²) >= 11 is 1.99. The van der Waals surface area contributed by atoms with Crippen LogP contribution >= 0.6 is 0 Å². The van der Waals surface area contributed by atoms with Gasteiger partial charge in [-0.1, -0.05) is 56.0 Å². The van der Waals surface area contributed by atoms with E-state index in [0.29, 0.717) is 15.2 Å². The van der Waals surface area contributed by atoms with Crippen LogP contribution in [0, 0.1) is 0 Å². The Morgan fingerprint density at radius 2 is 1.50 bits per heavy atom. The molecule has 0 aromatic carbocycles. The van der Waals surface area contributed by atoms with E-state index in [9.17, 15) is 0 Å². The molecule has 0 unspecified atom stereocenters. The summed E-state index contributed by atoms with van der Waals surface area (Å²) in [6.45, 7) is 9.51. The topological polar surface area (TPSA) is 0 Å². The van der Waals surface area contributed by atoms with Gasteiger partial charge in [0, 0.05) is 1.43 Å². The molecular weight excluding hydrogens is 222 g/mol. The minimum Gasteiger partial charge on any atom is -0.106 e. The van der Waals surface area contributed by atoms with Crippen LogP contribution in [0.25, 0.3) is 0 Å². The molecule has 0 bridgehead atoms. The SMILES string of the molecule is C=C[CH2][Al][CH2]C=C.CCCCCCC[CH2][AlH2].[HH]. The fourth-order valence-corrected chi connectivity index (χ4v) is 2.53. The Labute approximate surface area is 119 Å². The summed E-state index contributed by atoms with van der Waals surface area (Å²) in [6.07, 6.45) is 12.7. The molecule has 0 rings (SSSR count). The van der Waals surface area contributed by atoms with Gasteiger partial charge in [-0.3, -0.25) is 0 Å². The molecule has 0 spiro atoms. The van der Waals surface area contributed by atoms with Gasteiger partial charge in [0.25, 0.3) is 0 Å². The first-order valence-electron chi connectivity index (χ1n) is 6.86. The van der Waals surface area contributed by atoms with Crippen LogP contribution in [0.2, 0.25) is 15.8 Å². The maximum absolute atomic E-state index is 3.62. The van der Waals surface area contributed by atoms with Gasteiger partial charge in [-0.05, 0) is 0 Å². The van der Waals surface area contributed by atoms with Crippen molar-refractivity contribution in [2.75, 3.05) is 0 Å². The number of hydrogen-bond donors (Lipinski definition) is 0. The summed E-state index contributed by atoms with van der Waals surface area (Å²) in [5, 5.41) is 3.91. The van der Waals surface area contributed by atoms with E-state index >= 15 is 0 Å². The molecular formula is C14H31Al2. The lowest BCUT2D eigenvalue weighted by Crippen LogP contribution is -1.79. The average molecular weight is 253 g/mol. The van der Waals surface area contributed by atoms with E-state index in [4.69, 9.17) is 0 Å². The standard InChI is InChI=1S/C8H17.2C3H5.2Al.H2.2H/c1-3-5-7-8-6-4-2;2*1-3-2;;;;;/h1,3-8H2,2H3;2*3H,1-2H2;;;1H;;. The Balaban J connectivity index is -0.000000224. The van der Waals surface area contributed by atoms with E-state index in [0.717, 1.165) is 0 Å². The zero-order chi connectivity index (χ0) is 12.5. The van der Waals surface area contributed by atoms with Crippen LogP contribution in [-0.2, 0) is 0 Å². The quantitative estimate of drug-likeness (QED) is 0.304. The Bertz CT molecular complexity index is 124. The van der Waals surface area contributed by atoms with Crippen molar-refractivity contribution in [2.45, 2.75) is 61.3 Å². The molecule has 1 radical (unpaired) electrons. The summed E-state index contributed by atoms with van der Waals surface area (Å²) in [5.74, 6) is 0. The van der Waals surface area contributed by atoms with Gasteiger partial charge in [0.05, 0.1) is 0 Å². The van der Waals surface area contributed by atoms with Crippen LogP contribution in [0.5, 0.6) is 0 Å². The fraction of sp³-hybridized carbons (Fsp3) is 0.714. The van der Waals surface area contributed by atoms with Gasteiger partial charge in [0.2, 0.25) is 31.5 Å². The van der Waals surface area contributed by atoms with Crippen LogP contribution in [0.4, 0.5) is 0 Å². The molecule has 0 saturated heterocycles. The zero-order valence-corrected chi connectivity index (χ0v) is 14.7. The molecule has 0 atom stereocenters. The molecule has 0 aliphatic carbocycles. The monoisotopic (exact) mass is 253 g/mol. The van der Waals surface area contributed by atoms with E-state index in [1.54, 1.807) is 0 Å². The third-order valence-corrected chi connectivity index (χ3v) is 4.41. The van der Waals surface area contributed by atoms with Crippen molar-refractivity contribution in [1.29, 1.82) is 0 Å². The highest BCUT2D eigenvalue weighted by Crippen LogP contribution is 2.05. The second-order valence-corrected chi connectivity index (χ2v) is 6.63. The lowest BCUT2D eigenvalue weighted by molar-refractivity contribution is 0.624. The van der Waals surface area contributed by atoms with E-state index in [2.05, 4.69) is 20.1 Å². The maximum atomic E-state index is 3.62. The first-order chi connectivity index (χ1) is 7.83. The second-order valence-electron chi connectivity index (χ2n) is 4.11. The number of unbranched alkanes of at least 4 members (excludes halogenated alkanes) is 5. The molecule has 0 amide bonds. The molecule has 2 heteroatoms. The molecule has 0 heterocycles. The van der Waals surface area contributed by atoms with Crippen molar-refractivity contribution >= 4 is 31.5 Å². The van der Waals surface area contributed by atoms with E-state index in [1.807, 2.05) is 12.2 Å². The number of hydrogen-bond acceptors (Lipinski definition) is 0. The molecule has 0 saturated carbocycles. The average Bonchev–Trinajstić information content (AvgIpc) is 2.31. The number of allylic oxidation sites excluding steroid dienone is 2. The van der Waals surface area contributed by atoms with Gasteiger partial charge >= 0.3 is 0 Å². The second kappa shape index (κ2) is 20.9. The first-order valence-corrected chi connectivity index (χ1v) is 9.91. The predicted molar refractivity (Wildman–Crippen MR) is 84.6 cm³/mol. The minimum atomic E-state index is 0. The van der Waals surface area contributed by atoms with Gasteiger partial charge in [-0.15, -0.1) is 30.6 Å². The Hall–Kier alpha value is 0.545. The van der Waals surface area contributed by atoms with Crippen molar-refractivity contribution in [2.24, 2.45) is 0 Å². The van der Waals surface area contributed by atoms with Crippen LogP contribution in [0.15, 0.2) is 25.3 Å². The van der Waals surface area contributed by atoms with Crippen LogP contribution in [0.3, 0.4) is 0 Å². The Morgan fingerprint density at radius 1 is 1.00 bits per heavy atom. The third-order valence-electron chi connectivity index (χ3n) is 2.37. The molecule has 93 valence electrons. The molecule has 16 heavy (non-hydrogen) atoms. The lowest BCUT2D eigenvalue weighted by Gasteiger charge is -1.96. The molecule has 0 aromatic rings. The van der Waals surface area contributed by atoms with E-state index in [-0.39, 0.29) is 1.43 Å². The highest BCUT2D eigenvalue weighted by atomic mass is 27.1. The van der Waals surface area contributed by atoms with Crippen molar-refractivity contribution in [3.8, 4) is 0 Å². The molecule has 0 aliphatic rings. The molecule has 0 aliphatic heterocycles. The Morgan fingerprint density at radius 3 is 1.94 bits per heavy atom. The summed E-state index contributed by atoms with van der Waals surface area (Å²) in [6, 6.07) is 0. The normalized spacial score (nSPS) is 8.81. The van der Waals surface area contributed by atoms with Crippen LogP contribution in [-0.4, -0.2) is 31.5 Å². The van der Waals surface area contributed by atoms with Gasteiger partial charge in [0.1, 0.15) is 0 Å². The van der Waals surface area contributed by atoms with Crippen molar-refractivity contribution in [3.63, 3.8) is 0 Å². The molecule has 0 nitrogen and oxygen atoms in total. The van der Waals surface area contributed by atoms with Crippen molar-refractivity contribution < 1.29 is 1.43 Å². The largest absolute Gasteiger partial charge is 0.212 e. The van der Waals surface area contributed by atoms with E-state index < -0.39 is 0 Å². The third kappa shape index (κ3) is 24.0. The highest BCUT2D eigenvalue weighted by molar-refractivity contribution is 6.36. The smallest absolute Gasteiger partial charge is 0.106 e. The van der Waals surface area contributed by atoms with E-state index in [1.165, 1.54) is 70.7 Å². The Kier molecular flexibility index (Phi) is 24.7. The fourth-order valence-electron chi connectivity index (χ4n) is 1.36. The summed E-state index contributed by atoms with van der Waals surface area (Å²) in [7, 11) is 0. The van der Waals surface area contributed by atoms with Gasteiger partial charge in [-0.25, -0.2) is 0 Å². The predicted octanol–water partition coefficient (Wildman–Crippen LogP) is 4.54. The van der Waals surface area contributed by atoms with Crippen LogP contribution in [0.1, 0.15) is 46.9 Å². The van der Waals surface area contributed by atoms with Crippen molar-refractivity contribution in [1.82, 2.24) is 0 Å². The minimum absolute atomic E-state index is 0. The first kappa shape index (κ1) is 18.9. The van der Waals surface area contributed by atoms with Gasteiger partial charge < -0.3 is 0 Å². The summed E-state index contributed by atoms with van der Waals surface area (Å²) < 4.78 is 0. The summed E-state index contributed by atoms with van der Waals surface area (Å²) in [5.41, 5.74) is 0. The molecule has 0 N–H and O–H groups in total. The van der Waals surface area contributed by atoms with Crippen molar-refractivity contribution in [3.05, 3.63) is 25.3 Å². The van der Waals surface area contributed by atoms with Gasteiger partial charge in [0.15, 0.2) is 0 Å². The highest BCUT2D eigenvalue weighted by Gasteiger charge is 1.86. The molecule has 0 fully saturated rings. The van der Waals surface area contributed by atoms with Gasteiger partial charge in [-0.2, -0.15) is 0 Å². The molecule has 0 aromatic heterocycles. The number of rotatable bonds is 10. The zero-order valence-electron chi connectivity index (χ0n) is 11.5. The van der Waals surface area contributed by atoms with Crippen LogP contribution < -0.4 is 0 Å². The maximum Gasteiger partial charge on any atom is 0.212 e. The lowest BCUT2D eigenvalue weighted by atomic mass is 10.1.